The molecule has 10 rings (SSSR count). The van der Waals surface area contributed by atoms with Crippen LogP contribution in [0.3, 0.4) is 0 Å². The zero-order chi connectivity index (χ0) is 35.1. The first-order chi connectivity index (χ1) is 26.2. The molecule has 0 aliphatic rings. The van der Waals surface area contributed by atoms with Crippen molar-refractivity contribution in [3.05, 3.63) is 194 Å². The van der Waals surface area contributed by atoms with Gasteiger partial charge >= 0.3 is 0 Å². The highest BCUT2D eigenvalue weighted by molar-refractivity contribution is 6.13. The van der Waals surface area contributed by atoms with Crippen molar-refractivity contribution in [2.45, 2.75) is 0 Å². The minimum absolute atomic E-state index is 0.680. The van der Waals surface area contributed by atoms with Crippen molar-refractivity contribution < 1.29 is 4.42 Å². The van der Waals surface area contributed by atoms with Gasteiger partial charge in [-0.15, -0.1) is 0 Å². The second-order valence-corrected chi connectivity index (χ2v) is 13.4. The largest absolute Gasteiger partial charge is 0.456 e. The van der Waals surface area contributed by atoms with Gasteiger partial charge in [0.1, 0.15) is 11.2 Å². The average Bonchev–Trinajstić information content (AvgIpc) is 3.63. The van der Waals surface area contributed by atoms with E-state index in [0.29, 0.717) is 5.82 Å². The van der Waals surface area contributed by atoms with E-state index in [9.17, 15) is 0 Å². The lowest BCUT2D eigenvalue weighted by Crippen LogP contribution is -1.97. The van der Waals surface area contributed by atoms with E-state index in [2.05, 4.69) is 170 Å². The Balaban J connectivity index is 1.23. The van der Waals surface area contributed by atoms with Crippen LogP contribution in [-0.4, -0.2) is 9.97 Å². The molecule has 248 valence electrons. The Morgan fingerprint density at radius 1 is 0.321 bits per heavy atom. The molecular weight excluding hydrogens is 645 g/mol. The summed E-state index contributed by atoms with van der Waals surface area (Å²) in [7, 11) is 0. The average molecular weight is 677 g/mol. The molecule has 2 aromatic heterocycles. The third kappa shape index (κ3) is 5.65. The minimum Gasteiger partial charge on any atom is -0.456 e. The Bertz CT molecular complexity index is 2940. The van der Waals surface area contributed by atoms with Gasteiger partial charge in [0.05, 0.1) is 11.4 Å². The van der Waals surface area contributed by atoms with E-state index >= 15 is 0 Å². The number of hydrogen-bond donors (Lipinski definition) is 0. The van der Waals surface area contributed by atoms with Crippen LogP contribution in [0.2, 0.25) is 0 Å². The van der Waals surface area contributed by atoms with Gasteiger partial charge in [0.25, 0.3) is 0 Å². The Morgan fingerprint density at radius 2 is 0.849 bits per heavy atom. The summed E-state index contributed by atoms with van der Waals surface area (Å²) in [6, 6.07) is 68.1. The Morgan fingerprint density at radius 3 is 1.68 bits per heavy atom. The number of fused-ring (bicyclic) bond motifs is 4. The van der Waals surface area contributed by atoms with Crippen molar-refractivity contribution in [1.29, 1.82) is 0 Å². The van der Waals surface area contributed by atoms with Crippen molar-refractivity contribution in [2.75, 3.05) is 0 Å². The highest BCUT2D eigenvalue weighted by Gasteiger charge is 2.17. The molecule has 0 radical (unpaired) electrons. The van der Waals surface area contributed by atoms with Gasteiger partial charge < -0.3 is 4.42 Å². The van der Waals surface area contributed by atoms with Crippen molar-refractivity contribution >= 4 is 32.7 Å². The molecule has 0 N–H and O–H groups in total. The molecule has 0 unspecified atom stereocenters. The van der Waals surface area contributed by atoms with Gasteiger partial charge in [-0.3, -0.25) is 0 Å². The lowest BCUT2D eigenvalue weighted by molar-refractivity contribution is 0.669. The molecule has 2 heterocycles. The molecule has 0 saturated carbocycles. The SMILES string of the molecule is c1ccc(-c2cccc(-c3nc(-c4ccccc4)cc(-c4cc(-c5cccc6ccccc56)cc(-c5cccc6oc7ccccc7c56)c4)n3)c2)cc1. The summed E-state index contributed by atoms with van der Waals surface area (Å²) < 4.78 is 6.35. The van der Waals surface area contributed by atoms with Crippen LogP contribution in [0.5, 0.6) is 0 Å². The highest BCUT2D eigenvalue weighted by atomic mass is 16.3. The molecule has 8 aromatic carbocycles. The van der Waals surface area contributed by atoms with E-state index < -0.39 is 0 Å². The Hall–Kier alpha value is -7.10. The normalized spacial score (nSPS) is 11.4. The predicted molar refractivity (Wildman–Crippen MR) is 219 cm³/mol. The number of furan rings is 1. The predicted octanol–water partition coefficient (Wildman–Crippen LogP) is 13.5. The molecule has 0 atom stereocenters. The van der Waals surface area contributed by atoms with E-state index in [4.69, 9.17) is 14.4 Å². The maximum Gasteiger partial charge on any atom is 0.160 e. The molecule has 0 fully saturated rings. The smallest absolute Gasteiger partial charge is 0.160 e. The van der Waals surface area contributed by atoms with E-state index in [1.165, 1.54) is 16.3 Å². The number of benzene rings is 8. The van der Waals surface area contributed by atoms with Gasteiger partial charge in [-0.25, -0.2) is 9.97 Å². The summed E-state index contributed by atoms with van der Waals surface area (Å²) in [5.41, 5.74) is 13.3. The maximum absolute atomic E-state index is 6.35. The fraction of sp³-hybridized carbons (Fsp3) is 0. The molecule has 3 nitrogen and oxygen atoms in total. The van der Waals surface area contributed by atoms with Crippen molar-refractivity contribution in [2.24, 2.45) is 0 Å². The summed E-state index contributed by atoms with van der Waals surface area (Å²) in [5, 5.41) is 4.62. The van der Waals surface area contributed by atoms with Crippen LogP contribution in [-0.2, 0) is 0 Å². The van der Waals surface area contributed by atoms with Gasteiger partial charge in [0.2, 0.25) is 0 Å². The lowest BCUT2D eigenvalue weighted by atomic mass is 9.91. The molecular formula is C50H32N2O. The standard InChI is InChI=1S/C50H32N2O/c1-3-14-33(15-4-1)36-20-11-21-37(28-36)50-51-45(35-17-5-2-6-18-35)32-46(52-50)40-30-38(42-24-12-19-34-16-7-8-22-41(34)42)29-39(31-40)43-25-13-27-48-49(43)44-23-9-10-26-47(44)53-48/h1-32H. The van der Waals surface area contributed by atoms with Crippen molar-refractivity contribution in [1.82, 2.24) is 9.97 Å². The molecule has 0 bridgehead atoms. The van der Waals surface area contributed by atoms with Crippen LogP contribution in [0, 0.1) is 0 Å². The summed E-state index contributed by atoms with van der Waals surface area (Å²) in [5.74, 6) is 0.680. The van der Waals surface area contributed by atoms with Gasteiger partial charge in [-0.1, -0.05) is 152 Å². The number of hydrogen-bond acceptors (Lipinski definition) is 3. The molecule has 3 heteroatoms. The molecule has 0 saturated heterocycles. The topological polar surface area (TPSA) is 38.9 Å². The number of nitrogens with zero attached hydrogens (tertiary/aromatic N) is 2. The second kappa shape index (κ2) is 12.9. The van der Waals surface area contributed by atoms with E-state index in [-0.39, 0.29) is 0 Å². The molecule has 0 spiro atoms. The molecule has 0 aliphatic heterocycles. The lowest BCUT2D eigenvalue weighted by Gasteiger charge is -2.15. The number of aromatic nitrogens is 2. The summed E-state index contributed by atoms with van der Waals surface area (Å²) >= 11 is 0. The highest BCUT2D eigenvalue weighted by Crippen LogP contribution is 2.41. The molecule has 10 aromatic rings. The Labute approximate surface area is 307 Å². The van der Waals surface area contributed by atoms with E-state index in [1.54, 1.807) is 0 Å². The zero-order valence-corrected chi connectivity index (χ0v) is 28.8. The quantitative estimate of drug-likeness (QED) is 0.176. The van der Waals surface area contributed by atoms with Crippen LogP contribution in [0.1, 0.15) is 0 Å². The van der Waals surface area contributed by atoms with Crippen LogP contribution < -0.4 is 0 Å². The first-order valence-electron chi connectivity index (χ1n) is 17.9. The minimum atomic E-state index is 0.680. The van der Waals surface area contributed by atoms with Crippen molar-refractivity contribution in [3.63, 3.8) is 0 Å². The number of rotatable bonds is 6. The number of para-hydroxylation sites is 1. The van der Waals surface area contributed by atoms with Crippen LogP contribution in [0.4, 0.5) is 0 Å². The van der Waals surface area contributed by atoms with Gasteiger partial charge in [-0.2, -0.15) is 0 Å². The second-order valence-electron chi connectivity index (χ2n) is 13.4. The summed E-state index contributed by atoms with van der Waals surface area (Å²) in [6.07, 6.45) is 0. The van der Waals surface area contributed by atoms with E-state index in [1.807, 2.05) is 24.3 Å². The fourth-order valence-electron chi connectivity index (χ4n) is 7.53. The third-order valence-electron chi connectivity index (χ3n) is 10.1. The summed E-state index contributed by atoms with van der Waals surface area (Å²) in [6.45, 7) is 0. The zero-order valence-electron chi connectivity index (χ0n) is 28.8. The van der Waals surface area contributed by atoms with Crippen LogP contribution in [0.25, 0.3) is 100.0 Å². The Kier molecular flexibility index (Phi) is 7.47. The third-order valence-corrected chi connectivity index (χ3v) is 10.1. The van der Waals surface area contributed by atoms with Gasteiger partial charge in [-0.05, 0) is 86.6 Å². The first-order valence-corrected chi connectivity index (χ1v) is 17.9. The van der Waals surface area contributed by atoms with Crippen molar-refractivity contribution in [3.8, 4) is 67.3 Å². The molecule has 53 heavy (non-hydrogen) atoms. The summed E-state index contributed by atoms with van der Waals surface area (Å²) in [4.78, 5) is 10.5. The van der Waals surface area contributed by atoms with Gasteiger partial charge in [0.15, 0.2) is 5.82 Å². The van der Waals surface area contributed by atoms with Crippen LogP contribution in [0.15, 0.2) is 199 Å². The van der Waals surface area contributed by atoms with E-state index in [0.717, 1.165) is 77.8 Å². The fourth-order valence-corrected chi connectivity index (χ4v) is 7.53. The van der Waals surface area contributed by atoms with Gasteiger partial charge in [0, 0.05) is 27.5 Å². The first kappa shape index (κ1) is 30.7. The maximum atomic E-state index is 6.35. The monoisotopic (exact) mass is 676 g/mol. The molecule has 0 aliphatic carbocycles. The van der Waals surface area contributed by atoms with Crippen LogP contribution >= 0.6 is 0 Å². The molecule has 0 amide bonds.